The second kappa shape index (κ2) is 7.98. The average Bonchev–Trinajstić information content (AvgIpc) is 3.23. The van der Waals surface area contributed by atoms with Gasteiger partial charge in [0.15, 0.2) is 0 Å². The highest BCUT2D eigenvalue weighted by atomic mass is 16.5. The first-order chi connectivity index (χ1) is 14.5. The van der Waals surface area contributed by atoms with Crippen LogP contribution in [0.15, 0.2) is 56.6 Å². The van der Waals surface area contributed by atoms with Crippen molar-refractivity contribution in [2.45, 2.75) is 26.8 Å². The number of aromatic amines is 1. The van der Waals surface area contributed by atoms with Crippen molar-refractivity contribution in [2.24, 2.45) is 5.92 Å². The summed E-state index contributed by atoms with van der Waals surface area (Å²) in [5.41, 5.74) is 1.12. The molecule has 2 heterocycles. The first-order valence-electron chi connectivity index (χ1n) is 9.71. The summed E-state index contributed by atoms with van der Waals surface area (Å²) in [6.07, 6.45) is 0.753. The lowest BCUT2D eigenvalue weighted by Gasteiger charge is -2.08. The number of aromatic nitrogens is 4. The third-order valence-corrected chi connectivity index (χ3v) is 4.93. The fourth-order valence-corrected chi connectivity index (χ4v) is 3.18. The second-order valence-corrected chi connectivity index (χ2v) is 7.48. The minimum Gasteiger partial charge on any atom is -0.497 e. The van der Waals surface area contributed by atoms with Crippen molar-refractivity contribution in [1.82, 2.24) is 19.7 Å². The van der Waals surface area contributed by atoms with Gasteiger partial charge >= 0.3 is 5.69 Å². The average molecular weight is 406 g/mol. The number of rotatable bonds is 6. The van der Waals surface area contributed by atoms with Crippen LogP contribution in [0.4, 0.5) is 0 Å². The first kappa shape index (κ1) is 19.6. The molecule has 8 nitrogen and oxygen atoms in total. The molecule has 2 aromatic carbocycles. The standard InChI is InChI=1S/C22H22N4O4/c1-13(2)10-11-26-21(27)17-9-6-15(12-18(17)23-22(26)28)20-24-19(25-30-20)14-4-7-16(29-3)8-5-14/h4-9,12-13H,10-11H2,1-3H3,(H,23,28). The van der Waals surface area contributed by atoms with Gasteiger partial charge in [-0.2, -0.15) is 4.98 Å². The number of nitrogens with zero attached hydrogens (tertiary/aromatic N) is 3. The highest BCUT2D eigenvalue weighted by Crippen LogP contribution is 2.25. The van der Waals surface area contributed by atoms with Crippen LogP contribution < -0.4 is 16.0 Å². The van der Waals surface area contributed by atoms with Crippen LogP contribution in [0.25, 0.3) is 33.7 Å². The van der Waals surface area contributed by atoms with Gasteiger partial charge in [0, 0.05) is 17.7 Å². The van der Waals surface area contributed by atoms with Gasteiger partial charge in [-0.3, -0.25) is 9.36 Å². The molecule has 2 aromatic heterocycles. The van der Waals surface area contributed by atoms with Gasteiger partial charge in [-0.1, -0.05) is 19.0 Å². The predicted molar refractivity (Wildman–Crippen MR) is 114 cm³/mol. The van der Waals surface area contributed by atoms with E-state index in [2.05, 4.69) is 29.0 Å². The van der Waals surface area contributed by atoms with Crippen LogP contribution in [0, 0.1) is 5.92 Å². The maximum atomic E-state index is 12.7. The summed E-state index contributed by atoms with van der Waals surface area (Å²) >= 11 is 0. The molecule has 0 saturated heterocycles. The Morgan fingerprint density at radius 2 is 1.83 bits per heavy atom. The van der Waals surface area contributed by atoms with Gasteiger partial charge in [-0.05, 0) is 54.8 Å². The zero-order valence-electron chi connectivity index (χ0n) is 17.0. The molecule has 0 aliphatic carbocycles. The highest BCUT2D eigenvalue weighted by Gasteiger charge is 2.14. The highest BCUT2D eigenvalue weighted by molar-refractivity contribution is 5.82. The van der Waals surface area contributed by atoms with Gasteiger partial charge in [0.05, 0.1) is 18.0 Å². The van der Waals surface area contributed by atoms with Gasteiger partial charge in [0.25, 0.3) is 11.4 Å². The van der Waals surface area contributed by atoms with Crippen molar-refractivity contribution in [1.29, 1.82) is 0 Å². The van der Waals surface area contributed by atoms with Crippen LogP contribution in [0.5, 0.6) is 5.75 Å². The molecule has 0 aliphatic heterocycles. The van der Waals surface area contributed by atoms with Crippen molar-refractivity contribution in [3.8, 4) is 28.6 Å². The van der Waals surface area contributed by atoms with Crippen molar-refractivity contribution < 1.29 is 9.26 Å². The Hall–Kier alpha value is -3.68. The molecule has 0 radical (unpaired) electrons. The van der Waals surface area contributed by atoms with Gasteiger partial charge < -0.3 is 14.2 Å². The molecule has 0 saturated carbocycles. The number of methoxy groups -OCH3 is 1. The molecule has 0 spiro atoms. The van der Waals surface area contributed by atoms with Crippen LogP contribution >= 0.6 is 0 Å². The Morgan fingerprint density at radius 3 is 2.53 bits per heavy atom. The molecule has 0 aliphatic rings. The van der Waals surface area contributed by atoms with Crippen molar-refractivity contribution in [3.63, 3.8) is 0 Å². The summed E-state index contributed by atoms with van der Waals surface area (Å²) in [4.78, 5) is 32.4. The maximum absolute atomic E-state index is 12.7. The van der Waals surface area contributed by atoms with E-state index in [1.807, 2.05) is 24.3 Å². The van der Waals surface area contributed by atoms with Gasteiger partial charge in [0.1, 0.15) is 5.75 Å². The zero-order chi connectivity index (χ0) is 21.3. The molecule has 0 atom stereocenters. The van der Waals surface area contributed by atoms with Crippen LogP contribution in [0.1, 0.15) is 20.3 Å². The number of hydrogen-bond acceptors (Lipinski definition) is 6. The third-order valence-electron chi connectivity index (χ3n) is 4.93. The van der Waals surface area contributed by atoms with E-state index in [9.17, 15) is 9.59 Å². The quantitative estimate of drug-likeness (QED) is 0.526. The maximum Gasteiger partial charge on any atom is 0.328 e. The minimum absolute atomic E-state index is 0.299. The van der Waals surface area contributed by atoms with Crippen LogP contribution in [0.2, 0.25) is 0 Å². The number of ether oxygens (including phenoxy) is 1. The molecule has 0 fully saturated rings. The molecular weight excluding hydrogens is 384 g/mol. The molecule has 0 amide bonds. The summed E-state index contributed by atoms with van der Waals surface area (Å²) < 4.78 is 11.8. The smallest absolute Gasteiger partial charge is 0.328 e. The number of hydrogen-bond donors (Lipinski definition) is 1. The number of nitrogens with one attached hydrogen (secondary N) is 1. The Bertz CT molecular complexity index is 1300. The molecule has 30 heavy (non-hydrogen) atoms. The van der Waals surface area contributed by atoms with Crippen molar-refractivity contribution in [2.75, 3.05) is 7.11 Å². The van der Waals surface area contributed by atoms with E-state index in [0.717, 1.165) is 17.7 Å². The summed E-state index contributed by atoms with van der Waals surface area (Å²) in [5.74, 6) is 1.87. The van der Waals surface area contributed by atoms with E-state index in [1.54, 1.807) is 25.3 Å². The fourth-order valence-electron chi connectivity index (χ4n) is 3.18. The van der Waals surface area contributed by atoms with Crippen LogP contribution in [0.3, 0.4) is 0 Å². The predicted octanol–water partition coefficient (Wildman–Crippen LogP) is 3.46. The van der Waals surface area contributed by atoms with Gasteiger partial charge in [-0.15, -0.1) is 0 Å². The summed E-state index contributed by atoms with van der Waals surface area (Å²) in [5, 5.41) is 4.47. The summed E-state index contributed by atoms with van der Waals surface area (Å²) in [7, 11) is 1.60. The molecule has 154 valence electrons. The molecule has 8 heteroatoms. The largest absolute Gasteiger partial charge is 0.497 e. The normalized spacial score (nSPS) is 11.3. The lowest BCUT2D eigenvalue weighted by atomic mass is 10.1. The van der Waals surface area contributed by atoms with E-state index in [1.165, 1.54) is 4.57 Å². The zero-order valence-corrected chi connectivity index (χ0v) is 17.0. The lowest BCUT2D eigenvalue weighted by molar-refractivity contribution is 0.415. The second-order valence-electron chi connectivity index (χ2n) is 7.48. The number of benzene rings is 2. The first-order valence-corrected chi connectivity index (χ1v) is 9.71. The topological polar surface area (TPSA) is 103 Å². The minimum atomic E-state index is -0.422. The molecule has 0 bridgehead atoms. The van der Waals surface area contributed by atoms with Gasteiger partial charge in [-0.25, -0.2) is 4.79 Å². The Labute approximate surface area is 172 Å². The van der Waals surface area contributed by atoms with E-state index in [-0.39, 0.29) is 5.56 Å². The Kier molecular flexibility index (Phi) is 5.22. The van der Waals surface area contributed by atoms with E-state index < -0.39 is 5.69 Å². The molecule has 1 N–H and O–H groups in total. The lowest BCUT2D eigenvalue weighted by Crippen LogP contribution is -2.35. The third kappa shape index (κ3) is 3.76. The van der Waals surface area contributed by atoms with Crippen LogP contribution in [-0.2, 0) is 6.54 Å². The monoisotopic (exact) mass is 406 g/mol. The summed E-state index contributed by atoms with van der Waals surface area (Å²) in [6.45, 7) is 4.49. The summed E-state index contributed by atoms with van der Waals surface area (Å²) in [6, 6.07) is 12.4. The van der Waals surface area contributed by atoms with Crippen LogP contribution in [-0.4, -0.2) is 26.8 Å². The Balaban J connectivity index is 1.69. The van der Waals surface area contributed by atoms with E-state index >= 15 is 0 Å². The van der Waals surface area contributed by atoms with Gasteiger partial charge in [0.2, 0.25) is 5.82 Å². The molecule has 4 aromatic rings. The Morgan fingerprint density at radius 1 is 1.10 bits per heavy atom. The SMILES string of the molecule is COc1ccc(-c2noc(-c3ccc4c(=O)n(CCC(C)C)c(=O)[nH]c4c3)n2)cc1. The van der Waals surface area contributed by atoms with Crippen molar-refractivity contribution >= 4 is 10.9 Å². The molecule has 0 unspecified atom stereocenters. The number of H-pyrrole nitrogens is 1. The van der Waals surface area contributed by atoms with E-state index in [0.29, 0.717) is 40.6 Å². The molecular formula is C22H22N4O4. The van der Waals surface area contributed by atoms with E-state index in [4.69, 9.17) is 9.26 Å². The van der Waals surface area contributed by atoms with Crippen molar-refractivity contribution in [3.05, 3.63) is 63.3 Å². The molecule has 4 rings (SSSR count). The fraction of sp³-hybridized carbons (Fsp3) is 0.273. The number of fused-ring (bicyclic) bond motifs is 1.